The Hall–Kier alpha value is -1.90. The molecule has 0 amide bonds. The smallest absolute Gasteiger partial charge is 0.240 e. The summed E-state index contributed by atoms with van der Waals surface area (Å²) in [4.78, 5) is -0.0549. The van der Waals surface area contributed by atoms with Crippen LogP contribution in [0.5, 0.6) is 0 Å². The number of sulfonamides is 1. The van der Waals surface area contributed by atoms with Gasteiger partial charge in [0.2, 0.25) is 10.0 Å². The molecule has 0 aliphatic heterocycles. The minimum absolute atomic E-state index is 0.00593. The van der Waals surface area contributed by atoms with Crippen LogP contribution in [0.3, 0.4) is 0 Å². The minimum Gasteiger partial charge on any atom is -0.399 e. The number of hydrogen-bond acceptors (Lipinski definition) is 5. The lowest BCUT2D eigenvalue weighted by Gasteiger charge is -2.09. The minimum atomic E-state index is -3.77. The van der Waals surface area contributed by atoms with Crippen molar-refractivity contribution >= 4 is 25.5 Å². The first kappa shape index (κ1) is 18.4. The van der Waals surface area contributed by atoms with E-state index in [0.29, 0.717) is 12.1 Å². The molecule has 0 aliphatic carbocycles. The first-order chi connectivity index (χ1) is 11.2. The summed E-state index contributed by atoms with van der Waals surface area (Å²) in [6, 6.07) is 12.6. The van der Waals surface area contributed by atoms with E-state index in [1.807, 2.05) is 12.1 Å². The zero-order valence-corrected chi connectivity index (χ0v) is 14.9. The number of nitrogen functional groups attached to an aromatic ring is 1. The molecule has 6 nitrogen and oxygen atoms in total. The van der Waals surface area contributed by atoms with Crippen molar-refractivity contribution in [2.45, 2.75) is 23.1 Å². The Labute approximate surface area is 142 Å². The van der Waals surface area contributed by atoms with Crippen molar-refractivity contribution in [3.63, 3.8) is 0 Å². The van der Waals surface area contributed by atoms with Gasteiger partial charge >= 0.3 is 0 Å². The van der Waals surface area contributed by atoms with Gasteiger partial charge in [-0.15, -0.1) is 0 Å². The lowest BCUT2D eigenvalue weighted by molar-refractivity contribution is 0.581. The molecule has 2 aromatic rings. The summed E-state index contributed by atoms with van der Waals surface area (Å²) < 4.78 is 50.9. The summed E-state index contributed by atoms with van der Waals surface area (Å²) in [5, 5.41) is 0. The van der Waals surface area contributed by atoms with Crippen LogP contribution in [-0.2, 0) is 26.3 Å². The predicted molar refractivity (Wildman–Crippen MR) is 93.9 cm³/mol. The van der Waals surface area contributed by atoms with Crippen LogP contribution in [0, 0.1) is 0 Å². The molecule has 0 radical (unpaired) electrons. The zero-order valence-electron chi connectivity index (χ0n) is 13.3. The molecule has 0 aromatic heterocycles. The second kappa shape index (κ2) is 7.33. The van der Waals surface area contributed by atoms with Crippen molar-refractivity contribution < 1.29 is 16.8 Å². The number of hydrogen-bond donors (Lipinski definition) is 2. The molecule has 0 unspecified atom stereocenters. The van der Waals surface area contributed by atoms with Gasteiger partial charge in [-0.2, -0.15) is 0 Å². The van der Waals surface area contributed by atoms with E-state index in [4.69, 9.17) is 5.73 Å². The van der Waals surface area contributed by atoms with Crippen LogP contribution >= 0.6 is 0 Å². The molecule has 0 saturated heterocycles. The van der Waals surface area contributed by atoms with Crippen LogP contribution in [0.1, 0.15) is 12.5 Å². The van der Waals surface area contributed by atoms with Gasteiger partial charge < -0.3 is 5.73 Å². The summed E-state index contributed by atoms with van der Waals surface area (Å²) in [6.07, 6.45) is 0.506. The molecule has 3 N–H and O–H groups in total. The average Bonchev–Trinajstić information content (AvgIpc) is 2.57. The van der Waals surface area contributed by atoms with Crippen LogP contribution in [0.2, 0.25) is 0 Å². The van der Waals surface area contributed by atoms with Gasteiger partial charge in [-0.1, -0.05) is 25.1 Å². The highest BCUT2D eigenvalue weighted by molar-refractivity contribution is 7.91. The van der Waals surface area contributed by atoms with Crippen LogP contribution in [0.4, 0.5) is 5.69 Å². The second-order valence-electron chi connectivity index (χ2n) is 5.27. The van der Waals surface area contributed by atoms with Gasteiger partial charge in [-0.3, -0.25) is 0 Å². The number of sulfone groups is 1. The molecule has 2 rings (SSSR count). The molecule has 0 aliphatic rings. The van der Waals surface area contributed by atoms with Crippen LogP contribution < -0.4 is 10.5 Å². The van der Waals surface area contributed by atoms with E-state index >= 15 is 0 Å². The van der Waals surface area contributed by atoms with Crippen LogP contribution in [-0.4, -0.2) is 29.1 Å². The molecule has 2 aromatic carbocycles. The van der Waals surface area contributed by atoms with E-state index in [9.17, 15) is 16.8 Å². The van der Waals surface area contributed by atoms with E-state index in [1.165, 1.54) is 31.2 Å². The quantitative estimate of drug-likeness (QED) is 0.722. The Balaban J connectivity index is 2.10. The maximum Gasteiger partial charge on any atom is 0.240 e. The molecule has 0 heterocycles. The number of anilines is 1. The Morgan fingerprint density at radius 3 is 2.21 bits per heavy atom. The highest BCUT2D eigenvalue weighted by Gasteiger charge is 2.18. The van der Waals surface area contributed by atoms with E-state index in [0.717, 1.165) is 5.56 Å². The van der Waals surface area contributed by atoms with Gasteiger partial charge in [-0.05, 0) is 42.3 Å². The van der Waals surface area contributed by atoms with Gasteiger partial charge in [0.1, 0.15) is 0 Å². The molecule has 24 heavy (non-hydrogen) atoms. The van der Waals surface area contributed by atoms with Crippen molar-refractivity contribution in [2.75, 3.05) is 18.0 Å². The Morgan fingerprint density at radius 1 is 0.958 bits per heavy atom. The molecule has 130 valence electrons. The lowest BCUT2D eigenvalue weighted by atomic mass is 10.1. The van der Waals surface area contributed by atoms with E-state index in [-0.39, 0.29) is 22.1 Å². The third-order valence-corrected chi connectivity index (χ3v) is 6.73. The summed E-state index contributed by atoms with van der Waals surface area (Å²) >= 11 is 0. The molecule has 0 saturated carbocycles. The Kier molecular flexibility index (Phi) is 5.63. The SMILES string of the molecule is CCS(=O)(=O)c1cccc(S(=O)(=O)NCCc2ccc(N)cc2)c1. The van der Waals surface area contributed by atoms with E-state index in [2.05, 4.69) is 4.72 Å². The monoisotopic (exact) mass is 368 g/mol. The highest BCUT2D eigenvalue weighted by Crippen LogP contribution is 2.17. The number of nitrogens with two attached hydrogens (primary N) is 1. The standard InChI is InChI=1S/C16H20N2O4S2/c1-2-23(19,20)15-4-3-5-16(12-15)24(21,22)18-11-10-13-6-8-14(17)9-7-13/h3-9,12,18H,2,10-11,17H2,1H3. The topological polar surface area (TPSA) is 106 Å². The summed E-state index contributed by atoms with van der Waals surface area (Å²) in [5.74, 6) is -0.0823. The molecule has 0 spiro atoms. The van der Waals surface area contributed by atoms with Crippen molar-refractivity contribution in [3.05, 3.63) is 54.1 Å². The molecule has 8 heteroatoms. The van der Waals surface area contributed by atoms with Crippen molar-refractivity contribution in [1.82, 2.24) is 4.72 Å². The third-order valence-electron chi connectivity index (χ3n) is 3.54. The van der Waals surface area contributed by atoms with Gasteiger partial charge in [0.05, 0.1) is 15.5 Å². The fourth-order valence-electron chi connectivity index (χ4n) is 2.10. The Morgan fingerprint density at radius 2 is 1.58 bits per heavy atom. The predicted octanol–water partition coefficient (Wildman–Crippen LogP) is 1.58. The largest absolute Gasteiger partial charge is 0.399 e. The fourth-order valence-corrected chi connectivity index (χ4v) is 4.18. The second-order valence-corrected chi connectivity index (χ2v) is 9.31. The first-order valence-electron chi connectivity index (χ1n) is 7.41. The number of benzene rings is 2. The van der Waals surface area contributed by atoms with Gasteiger partial charge in [0.15, 0.2) is 9.84 Å². The maximum absolute atomic E-state index is 12.3. The first-order valence-corrected chi connectivity index (χ1v) is 10.5. The van der Waals surface area contributed by atoms with E-state index < -0.39 is 19.9 Å². The van der Waals surface area contributed by atoms with Gasteiger partial charge in [-0.25, -0.2) is 21.6 Å². The van der Waals surface area contributed by atoms with Crippen molar-refractivity contribution in [3.8, 4) is 0 Å². The normalized spacial score (nSPS) is 12.2. The third kappa shape index (κ3) is 4.56. The highest BCUT2D eigenvalue weighted by atomic mass is 32.2. The van der Waals surface area contributed by atoms with Gasteiger partial charge in [0.25, 0.3) is 0 Å². The molecular weight excluding hydrogens is 348 g/mol. The molecule has 0 atom stereocenters. The maximum atomic E-state index is 12.3. The number of nitrogens with one attached hydrogen (secondary N) is 1. The van der Waals surface area contributed by atoms with Gasteiger partial charge in [0, 0.05) is 12.2 Å². The van der Waals surface area contributed by atoms with Crippen molar-refractivity contribution in [2.24, 2.45) is 0 Å². The molecular formula is C16H20N2O4S2. The summed E-state index contributed by atoms with van der Waals surface area (Å²) in [7, 11) is -7.22. The van der Waals surface area contributed by atoms with E-state index in [1.54, 1.807) is 12.1 Å². The van der Waals surface area contributed by atoms with Crippen molar-refractivity contribution in [1.29, 1.82) is 0 Å². The molecule has 0 fully saturated rings. The van der Waals surface area contributed by atoms with Crippen LogP contribution in [0.15, 0.2) is 58.3 Å². The lowest BCUT2D eigenvalue weighted by Crippen LogP contribution is -2.26. The summed E-state index contributed by atoms with van der Waals surface area (Å²) in [6.45, 7) is 1.72. The zero-order chi connectivity index (χ0) is 17.8. The molecule has 0 bridgehead atoms. The van der Waals surface area contributed by atoms with Crippen LogP contribution in [0.25, 0.3) is 0 Å². The fraction of sp³-hybridized carbons (Fsp3) is 0.250. The Bertz CT molecular complexity index is 905. The number of rotatable bonds is 7. The summed E-state index contributed by atoms with van der Waals surface area (Å²) in [5.41, 5.74) is 7.20. The average molecular weight is 368 g/mol.